The number of hydrogen-bond donors (Lipinski definition) is 0. The Bertz CT molecular complexity index is 702. The molecule has 0 spiro atoms. The first-order valence-corrected chi connectivity index (χ1v) is 8.42. The molecule has 1 aromatic carbocycles. The molecule has 1 aliphatic rings. The summed E-state index contributed by atoms with van der Waals surface area (Å²) in [7, 11) is 2.01. The molecule has 0 atom stereocenters. The number of aromatic nitrogens is 1. The topological polar surface area (TPSA) is 39.7 Å². The van der Waals surface area contributed by atoms with Crippen molar-refractivity contribution >= 4 is 48.6 Å². The minimum absolute atomic E-state index is 0.0301. The van der Waals surface area contributed by atoms with Gasteiger partial charge in [0.25, 0.3) is 0 Å². The van der Waals surface area contributed by atoms with Gasteiger partial charge in [0, 0.05) is 11.0 Å². The second-order valence-electron chi connectivity index (χ2n) is 5.30. The van der Waals surface area contributed by atoms with Crippen molar-refractivity contribution < 1.29 is 4.79 Å². The number of halogens is 1. The smallest absolute Gasteiger partial charge is 0.312 e. The van der Waals surface area contributed by atoms with Crippen LogP contribution in [0, 0.1) is 6.92 Å². The van der Waals surface area contributed by atoms with E-state index in [4.69, 9.17) is 0 Å². The normalized spacial score (nSPS) is 17.0. The summed E-state index contributed by atoms with van der Waals surface area (Å²) in [5.74, 6) is 0. The van der Waals surface area contributed by atoms with Crippen molar-refractivity contribution in [3.05, 3.63) is 22.2 Å². The molecule has 7 heteroatoms. The maximum Gasteiger partial charge on any atom is 0.328 e. The maximum absolute atomic E-state index is 12.5. The largest absolute Gasteiger partial charge is 0.328 e. The van der Waals surface area contributed by atoms with Crippen LogP contribution in [-0.2, 0) is 0 Å². The van der Waals surface area contributed by atoms with E-state index in [1.807, 2.05) is 25.8 Å². The number of amides is 2. The molecule has 2 heterocycles. The zero-order chi connectivity index (χ0) is 15.1. The fourth-order valence-electron chi connectivity index (χ4n) is 2.47. The summed E-state index contributed by atoms with van der Waals surface area (Å²) in [6.07, 6.45) is 0. The third-order valence-electron chi connectivity index (χ3n) is 3.49. The predicted molar refractivity (Wildman–Crippen MR) is 89.8 cm³/mol. The third kappa shape index (κ3) is 2.65. The molecule has 1 aromatic heterocycles. The molecular formula is C14H17BrN4OS. The van der Waals surface area contributed by atoms with Crippen LogP contribution in [0.2, 0.25) is 0 Å². The van der Waals surface area contributed by atoms with Crippen LogP contribution in [0.4, 0.5) is 9.93 Å². The van der Waals surface area contributed by atoms with E-state index in [2.05, 4.69) is 37.9 Å². The zero-order valence-electron chi connectivity index (χ0n) is 12.3. The number of carbonyl (C=O) groups excluding carboxylic acids is 1. The van der Waals surface area contributed by atoms with Gasteiger partial charge in [-0.15, -0.1) is 0 Å². The molecule has 1 fully saturated rings. The molecule has 112 valence electrons. The lowest BCUT2D eigenvalue weighted by Crippen LogP contribution is -2.56. The van der Waals surface area contributed by atoms with Gasteiger partial charge in [-0.3, -0.25) is 9.80 Å². The molecule has 1 aliphatic heterocycles. The minimum atomic E-state index is 0.0301. The number of rotatable bonds is 2. The SMILES string of the molecule is CCN1CN(C)CN(c2nc3cc(C)cc(Br)c3s2)C1=O. The summed E-state index contributed by atoms with van der Waals surface area (Å²) < 4.78 is 2.12. The maximum atomic E-state index is 12.5. The van der Waals surface area contributed by atoms with Crippen molar-refractivity contribution in [2.45, 2.75) is 13.8 Å². The Morgan fingerprint density at radius 1 is 1.38 bits per heavy atom. The first-order valence-electron chi connectivity index (χ1n) is 6.81. The Labute approximate surface area is 136 Å². The second kappa shape index (κ2) is 5.55. The van der Waals surface area contributed by atoms with Crippen molar-refractivity contribution in [2.24, 2.45) is 0 Å². The lowest BCUT2D eigenvalue weighted by Gasteiger charge is -2.38. The van der Waals surface area contributed by atoms with Crippen molar-refractivity contribution in [1.29, 1.82) is 0 Å². The number of benzene rings is 1. The number of nitrogens with zero attached hydrogens (tertiary/aromatic N) is 4. The van der Waals surface area contributed by atoms with Crippen LogP contribution < -0.4 is 4.90 Å². The fourth-order valence-corrected chi connectivity index (χ4v) is 4.22. The number of hydrogen-bond acceptors (Lipinski definition) is 4. The molecule has 2 aromatic rings. The quantitative estimate of drug-likeness (QED) is 0.814. The van der Waals surface area contributed by atoms with Crippen LogP contribution in [0.15, 0.2) is 16.6 Å². The van der Waals surface area contributed by atoms with Gasteiger partial charge >= 0.3 is 6.03 Å². The first kappa shape index (κ1) is 14.7. The summed E-state index contributed by atoms with van der Waals surface area (Å²) in [5.41, 5.74) is 2.09. The Hall–Kier alpha value is -1.18. The first-order chi connectivity index (χ1) is 9.99. The molecule has 0 saturated carbocycles. The zero-order valence-corrected chi connectivity index (χ0v) is 14.7. The van der Waals surface area contributed by atoms with Crippen LogP contribution in [0.3, 0.4) is 0 Å². The summed E-state index contributed by atoms with van der Waals surface area (Å²) in [4.78, 5) is 22.8. The Morgan fingerprint density at radius 3 is 2.86 bits per heavy atom. The second-order valence-corrected chi connectivity index (χ2v) is 7.13. The molecule has 21 heavy (non-hydrogen) atoms. The van der Waals surface area contributed by atoms with E-state index in [-0.39, 0.29) is 6.03 Å². The van der Waals surface area contributed by atoms with Crippen molar-refractivity contribution in [3.63, 3.8) is 0 Å². The number of aryl methyl sites for hydroxylation is 1. The molecule has 2 amide bonds. The Morgan fingerprint density at radius 2 is 2.14 bits per heavy atom. The number of fused-ring (bicyclic) bond motifs is 1. The van der Waals surface area contributed by atoms with Crippen LogP contribution >= 0.6 is 27.3 Å². The molecule has 0 unspecified atom stereocenters. The van der Waals surface area contributed by atoms with Gasteiger partial charge in [-0.05, 0) is 54.5 Å². The van der Waals surface area contributed by atoms with Gasteiger partial charge in [-0.2, -0.15) is 0 Å². The summed E-state index contributed by atoms with van der Waals surface area (Å²) in [6, 6.07) is 4.16. The highest BCUT2D eigenvalue weighted by Crippen LogP contribution is 2.35. The molecule has 1 saturated heterocycles. The van der Waals surface area contributed by atoms with E-state index in [1.54, 1.807) is 16.2 Å². The molecule has 5 nitrogen and oxygen atoms in total. The number of urea groups is 1. The lowest BCUT2D eigenvalue weighted by molar-refractivity contribution is 0.136. The van der Waals surface area contributed by atoms with E-state index in [0.29, 0.717) is 19.9 Å². The average molecular weight is 369 g/mol. The van der Waals surface area contributed by atoms with E-state index >= 15 is 0 Å². The monoisotopic (exact) mass is 368 g/mol. The highest BCUT2D eigenvalue weighted by molar-refractivity contribution is 9.10. The predicted octanol–water partition coefficient (Wildman–Crippen LogP) is 3.48. The fraction of sp³-hybridized carbons (Fsp3) is 0.429. The summed E-state index contributed by atoms with van der Waals surface area (Å²) in [5, 5.41) is 0.756. The van der Waals surface area contributed by atoms with E-state index in [0.717, 1.165) is 25.4 Å². The molecular weight excluding hydrogens is 352 g/mol. The van der Waals surface area contributed by atoms with E-state index in [1.165, 1.54) is 0 Å². The molecule has 0 aliphatic carbocycles. The van der Waals surface area contributed by atoms with Gasteiger partial charge in [0.15, 0.2) is 5.13 Å². The van der Waals surface area contributed by atoms with Crippen LogP contribution in [-0.4, -0.2) is 47.7 Å². The van der Waals surface area contributed by atoms with Crippen LogP contribution in [0.5, 0.6) is 0 Å². The average Bonchev–Trinajstić information content (AvgIpc) is 2.84. The van der Waals surface area contributed by atoms with Crippen LogP contribution in [0.1, 0.15) is 12.5 Å². The summed E-state index contributed by atoms with van der Waals surface area (Å²) in [6.45, 7) is 5.98. The number of thiazole rings is 1. The van der Waals surface area contributed by atoms with Crippen molar-refractivity contribution in [1.82, 2.24) is 14.8 Å². The van der Waals surface area contributed by atoms with Gasteiger partial charge in [-0.1, -0.05) is 11.3 Å². The van der Waals surface area contributed by atoms with Crippen molar-refractivity contribution in [2.75, 3.05) is 31.8 Å². The molecule has 0 bridgehead atoms. The van der Waals surface area contributed by atoms with Gasteiger partial charge in [0.1, 0.15) is 0 Å². The van der Waals surface area contributed by atoms with E-state index in [9.17, 15) is 4.79 Å². The molecule has 3 rings (SSSR count). The Balaban J connectivity index is 2.03. The molecule has 0 radical (unpaired) electrons. The highest BCUT2D eigenvalue weighted by atomic mass is 79.9. The highest BCUT2D eigenvalue weighted by Gasteiger charge is 2.30. The standard InChI is InChI=1S/C14H17BrN4OS/c1-4-18-7-17(3)8-19(14(18)20)13-16-11-6-9(2)5-10(15)12(11)21-13/h5-6H,4,7-8H2,1-3H3. The lowest BCUT2D eigenvalue weighted by atomic mass is 10.2. The third-order valence-corrected chi connectivity index (χ3v) is 5.50. The van der Waals surface area contributed by atoms with Gasteiger partial charge in [0.05, 0.1) is 23.6 Å². The van der Waals surface area contributed by atoms with Gasteiger partial charge in [0.2, 0.25) is 0 Å². The number of anilines is 1. The van der Waals surface area contributed by atoms with Gasteiger partial charge in [-0.25, -0.2) is 9.78 Å². The van der Waals surface area contributed by atoms with Crippen molar-refractivity contribution in [3.8, 4) is 0 Å². The van der Waals surface area contributed by atoms with Crippen LogP contribution in [0.25, 0.3) is 10.2 Å². The van der Waals surface area contributed by atoms with E-state index < -0.39 is 0 Å². The Kier molecular flexibility index (Phi) is 3.90. The number of carbonyl (C=O) groups is 1. The minimum Gasteiger partial charge on any atom is -0.312 e. The summed E-state index contributed by atoms with van der Waals surface area (Å²) >= 11 is 5.13. The molecule has 0 N–H and O–H groups in total. The van der Waals surface area contributed by atoms with Gasteiger partial charge < -0.3 is 4.90 Å².